The Labute approximate surface area is 118 Å². The largest absolute Gasteiger partial charge is 0.416 e. The number of hydrogen-bond donors (Lipinski definition) is 1. The van der Waals surface area contributed by atoms with Crippen molar-refractivity contribution >= 4 is 0 Å². The normalized spacial score (nSPS) is 22.6. The Hall–Kier alpha value is -1.03. The lowest BCUT2D eigenvalue weighted by molar-refractivity contribution is -0.137. The lowest BCUT2D eigenvalue weighted by atomic mass is 9.96. The van der Waals surface area contributed by atoms with Crippen LogP contribution in [-0.4, -0.2) is 7.05 Å². The second kappa shape index (κ2) is 4.48. The zero-order chi connectivity index (χ0) is 15.3. The summed E-state index contributed by atoms with van der Waals surface area (Å²) in [5.41, 5.74) is 0.696. The van der Waals surface area contributed by atoms with Crippen molar-refractivity contribution in [2.45, 2.75) is 39.9 Å². The van der Waals surface area contributed by atoms with Crippen molar-refractivity contribution in [3.63, 3.8) is 0 Å². The van der Waals surface area contributed by atoms with Gasteiger partial charge in [0.05, 0.1) is 5.56 Å². The van der Waals surface area contributed by atoms with E-state index in [0.717, 1.165) is 5.56 Å². The summed E-state index contributed by atoms with van der Waals surface area (Å²) in [6, 6.07) is 5.61. The molecule has 1 aliphatic rings. The van der Waals surface area contributed by atoms with Gasteiger partial charge < -0.3 is 5.32 Å². The zero-order valence-electron chi connectivity index (χ0n) is 12.6. The zero-order valence-corrected chi connectivity index (χ0v) is 12.6. The molecule has 0 saturated heterocycles. The summed E-state index contributed by atoms with van der Waals surface area (Å²) in [5.74, 6) is 0.414. The molecule has 1 aromatic rings. The van der Waals surface area contributed by atoms with E-state index in [1.54, 1.807) is 12.1 Å². The first kappa shape index (κ1) is 15.4. The molecule has 1 N–H and O–H groups in total. The maximum Gasteiger partial charge on any atom is 0.416 e. The van der Waals surface area contributed by atoms with Crippen LogP contribution in [0.3, 0.4) is 0 Å². The van der Waals surface area contributed by atoms with Crippen LogP contribution < -0.4 is 5.32 Å². The third-order valence-electron chi connectivity index (χ3n) is 5.37. The summed E-state index contributed by atoms with van der Waals surface area (Å²) in [5, 5.41) is 3.27. The Kier molecular flexibility index (Phi) is 3.44. The molecule has 0 amide bonds. The van der Waals surface area contributed by atoms with Crippen LogP contribution in [0.4, 0.5) is 13.2 Å². The van der Waals surface area contributed by atoms with E-state index in [1.807, 2.05) is 7.05 Å². The van der Waals surface area contributed by atoms with Crippen LogP contribution in [0.5, 0.6) is 0 Å². The van der Waals surface area contributed by atoms with Gasteiger partial charge in [0.15, 0.2) is 0 Å². The van der Waals surface area contributed by atoms with Gasteiger partial charge in [-0.1, -0.05) is 39.8 Å². The molecule has 0 aliphatic heterocycles. The number of halogens is 3. The van der Waals surface area contributed by atoms with Crippen molar-refractivity contribution in [3.05, 3.63) is 35.4 Å². The molecule has 2 rings (SSSR count). The van der Waals surface area contributed by atoms with Gasteiger partial charge in [-0.15, -0.1) is 0 Å². The van der Waals surface area contributed by atoms with Crippen molar-refractivity contribution in [1.82, 2.24) is 5.32 Å². The van der Waals surface area contributed by atoms with Crippen molar-refractivity contribution < 1.29 is 13.2 Å². The van der Waals surface area contributed by atoms with E-state index in [9.17, 15) is 13.2 Å². The summed E-state index contributed by atoms with van der Waals surface area (Å²) in [4.78, 5) is 0. The average molecular weight is 285 g/mol. The molecule has 1 atom stereocenters. The minimum atomic E-state index is -4.27. The molecule has 1 unspecified atom stereocenters. The highest BCUT2D eigenvalue weighted by atomic mass is 19.4. The van der Waals surface area contributed by atoms with E-state index in [-0.39, 0.29) is 16.9 Å². The summed E-state index contributed by atoms with van der Waals surface area (Å²) in [6.07, 6.45) is -4.27. The van der Waals surface area contributed by atoms with Crippen LogP contribution in [0.15, 0.2) is 24.3 Å². The highest BCUT2D eigenvalue weighted by Crippen LogP contribution is 2.72. The van der Waals surface area contributed by atoms with E-state index in [0.29, 0.717) is 5.92 Å². The summed E-state index contributed by atoms with van der Waals surface area (Å²) in [6.45, 7) is 8.86. The molecule has 1 nitrogen and oxygen atoms in total. The first-order valence-corrected chi connectivity index (χ1v) is 6.88. The van der Waals surface area contributed by atoms with Crippen LogP contribution in [0.25, 0.3) is 0 Å². The topological polar surface area (TPSA) is 12.0 Å². The number of rotatable bonds is 3. The van der Waals surface area contributed by atoms with Crippen LogP contribution in [0.2, 0.25) is 0 Å². The van der Waals surface area contributed by atoms with Crippen LogP contribution in [-0.2, 0) is 6.18 Å². The van der Waals surface area contributed by atoms with E-state index in [4.69, 9.17) is 0 Å². The fourth-order valence-corrected chi connectivity index (χ4v) is 3.49. The molecule has 1 aromatic carbocycles. The van der Waals surface area contributed by atoms with Gasteiger partial charge >= 0.3 is 6.18 Å². The quantitative estimate of drug-likeness (QED) is 0.852. The minimum absolute atomic E-state index is 0.0854. The average Bonchev–Trinajstić information content (AvgIpc) is 2.73. The molecule has 0 bridgehead atoms. The van der Waals surface area contributed by atoms with E-state index in [1.165, 1.54) is 12.1 Å². The maximum atomic E-state index is 12.6. The Morgan fingerprint density at radius 1 is 1.00 bits per heavy atom. The lowest BCUT2D eigenvalue weighted by Gasteiger charge is -2.20. The third kappa shape index (κ3) is 2.24. The lowest BCUT2D eigenvalue weighted by Crippen LogP contribution is -2.21. The molecule has 20 heavy (non-hydrogen) atoms. The molecule has 4 heteroatoms. The summed E-state index contributed by atoms with van der Waals surface area (Å²) < 4.78 is 37.8. The smallest absolute Gasteiger partial charge is 0.313 e. The maximum absolute atomic E-state index is 12.6. The van der Waals surface area contributed by atoms with Gasteiger partial charge in [-0.05, 0) is 41.5 Å². The molecular weight excluding hydrogens is 263 g/mol. The Bertz CT molecular complexity index is 471. The van der Waals surface area contributed by atoms with Gasteiger partial charge in [0.2, 0.25) is 0 Å². The number of benzene rings is 1. The van der Waals surface area contributed by atoms with Gasteiger partial charge in [0.25, 0.3) is 0 Å². The van der Waals surface area contributed by atoms with Gasteiger partial charge in [0.1, 0.15) is 0 Å². The molecule has 1 saturated carbocycles. The summed E-state index contributed by atoms with van der Waals surface area (Å²) in [7, 11) is 1.87. The molecule has 0 aromatic heterocycles. The van der Waals surface area contributed by atoms with E-state index in [2.05, 4.69) is 33.0 Å². The monoisotopic (exact) mass is 285 g/mol. The van der Waals surface area contributed by atoms with Gasteiger partial charge in [0, 0.05) is 6.04 Å². The van der Waals surface area contributed by atoms with E-state index < -0.39 is 11.7 Å². The number of hydrogen-bond acceptors (Lipinski definition) is 1. The van der Waals surface area contributed by atoms with Crippen LogP contribution in [0, 0.1) is 16.7 Å². The summed E-state index contributed by atoms with van der Waals surface area (Å²) >= 11 is 0. The van der Waals surface area contributed by atoms with Gasteiger partial charge in [-0.2, -0.15) is 13.2 Å². The fourth-order valence-electron chi connectivity index (χ4n) is 3.49. The van der Waals surface area contributed by atoms with Crippen LogP contribution >= 0.6 is 0 Å². The first-order chi connectivity index (χ1) is 9.03. The van der Waals surface area contributed by atoms with Crippen molar-refractivity contribution in [1.29, 1.82) is 0 Å². The Morgan fingerprint density at radius 2 is 1.45 bits per heavy atom. The highest BCUT2D eigenvalue weighted by molar-refractivity contribution is 5.31. The number of nitrogens with one attached hydrogen (secondary N) is 1. The fraction of sp³-hybridized carbons (Fsp3) is 0.625. The Balaban J connectivity index is 2.27. The second-order valence-electron chi connectivity index (χ2n) is 6.81. The van der Waals surface area contributed by atoms with E-state index >= 15 is 0 Å². The third-order valence-corrected chi connectivity index (χ3v) is 5.37. The second-order valence-corrected chi connectivity index (χ2v) is 6.81. The standard InChI is InChI=1S/C16H22F3N/c1-14(2)13(15(14,3)4)12(20-5)10-6-8-11(9-7-10)16(17,18)19/h6-9,12-13,20H,1-5H3. The minimum Gasteiger partial charge on any atom is -0.313 e. The number of alkyl halides is 3. The molecule has 0 radical (unpaired) electrons. The highest BCUT2D eigenvalue weighted by Gasteiger charge is 2.67. The first-order valence-electron chi connectivity index (χ1n) is 6.88. The van der Waals surface area contributed by atoms with Crippen molar-refractivity contribution in [3.8, 4) is 0 Å². The predicted molar refractivity (Wildman–Crippen MR) is 74.3 cm³/mol. The predicted octanol–water partition coefficient (Wildman–Crippen LogP) is 4.65. The van der Waals surface area contributed by atoms with Crippen LogP contribution in [0.1, 0.15) is 44.9 Å². The molecule has 1 aliphatic carbocycles. The molecule has 1 fully saturated rings. The van der Waals surface area contributed by atoms with Gasteiger partial charge in [-0.3, -0.25) is 0 Å². The molecule has 0 heterocycles. The van der Waals surface area contributed by atoms with Crippen molar-refractivity contribution in [2.75, 3.05) is 7.05 Å². The van der Waals surface area contributed by atoms with Crippen molar-refractivity contribution in [2.24, 2.45) is 16.7 Å². The molecule has 112 valence electrons. The Morgan fingerprint density at radius 3 is 1.75 bits per heavy atom. The molecular formula is C16H22F3N. The molecule has 0 spiro atoms. The van der Waals surface area contributed by atoms with Gasteiger partial charge in [-0.25, -0.2) is 0 Å². The SMILES string of the molecule is CNC(c1ccc(C(F)(F)F)cc1)C1C(C)(C)C1(C)C.